The highest BCUT2D eigenvalue weighted by atomic mass is 79.9. The Bertz CT molecular complexity index is 933. The number of nitrogens with one attached hydrogen (secondary N) is 2. The van der Waals surface area contributed by atoms with Crippen LogP contribution < -0.4 is 10.2 Å². The van der Waals surface area contributed by atoms with Crippen molar-refractivity contribution in [3.63, 3.8) is 0 Å². The van der Waals surface area contributed by atoms with Gasteiger partial charge in [-0.15, -0.1) is 0 Å². The number of anilines is 1. The van der Waals surface area contributed by atoms with E-state index < -0.39 is 0 Å². The Kier molecular flexibility index (Phi) is 4.72. The summed E-state index contributed by atoms with van der Waals surface area (Å²) in [6, 6.07) is 9.79. The standard InChI is InChI=1S/C19H21BrN4O2/c1-12-4-6-15(26-12)10-21-18(25)13-3-2-8-24(11-13)19-22-16-7-5-14(20)9-17(16)23-19/h4-7,9,13H,2-3,8,10-11H2,1H3,(H,21,25)(H,22,23). The first-order valence-corrected chi connectivity index (χ1v) is 9.61. The van der Waals surface area contributed by atoms with Gasteiger partial charge in [0.05, 0.1) is 23.5 Å². The quantitative estimate of drug-likeness (QED) is 0.678. The van der Waals surface area contributed by atoms with Gasteiger partial charge in [0.15, 0.2) is 0 Å². The van der Waals surface area contributed by atoms with Crippen LogP contribution >= 0.6 is 15.9 Å². The van der Waals surface area contributed by atoms with Gasteiger partial charge in [0.2, 0.25) is 11.9 Å². The molecule has 4 rings (SSSR count). The number of nitrogens with zero attached hydrogens (tertiary/aromatic N) is 2. The van der Waals surface area contributed by atoms with Gasteiger partial charge in [0.25, 0.3) is 0 Å². The summed E-state index contributed by atoms with van der Waals surface area (Å²) in [5, 5.41) is 2.99. The Morgan fingerprint density at radius 1 is 1.42 bits per heavy atom. The molecule has 0 bridgehead atoms. The first kappa shape index (κ1) is 17.1. The monoisotopic (exact) mass is 416 g/mol. The number of halogens is 1. The summed E-state index contributed by atoms with van der Waals surface area (Å²) in [4.78, 5) is 22.8. The topological polar surface area (TPSA) is 74.2 Å². The summed E-state index contributed by atoms with van der Waals surface area (Å²) in [7, 11) is 0. The largest absolute Gasteiger partial charge is 0.465 e. The van der Waals surface area contributed by atoms with Crippen LogP contribution in [0.3, 0.4) is 0 Å². The Morgan fingerprint density at radius 3 is 3.12 bits per heavy atom. The lowest BCUT2D eigenvalue weighted by Crippen LogP contribution is -2.43. The van der Waals surface area contributed by atoms with Gasteiger partial charge in [0.1, 0.15) is 11.5 Å². The van der Waals surface area contributed by atoms with E-state index in [0.717, 1.165) is 52.4 Å². The normalized spacial score (nSPS) is 17.6. The molecule has 1 aromatic carbocycles. The molecular weight excluding hydrogens is 396 g/mol. The fourth-order valence-electron chi connectivity index (χ4n) is 3.40. The molecule has 1 unspecified atom stereocenters. The van der Waals surface area contributed by atoms with Gasteiger partial charge >= 0.3 is 0 Å². The number of aromatic amines is 1. The van der Waals surface area contributed by atoms with Crippen molar-refractivity contribution < 1.29 is 9.21 Å². The minimum absolute atomic E-state index is 0.0419. The van der Waals surface area contributed by atoms with Crippen molar-refractivity contribution in [2.24, 2.45) is 5.92 Å². The van der Waals surface area contributed by atoms with Crippen molar-refractivity contribution >= 4 is 38.8 Å². The maximum Gasteiger partial charge on any atom is 0.225 e. The molecule has 26 heavy (non-hydrogen) atoms. The average molecular weight is 417 g/mol. The van der Waals surface area contributed by atoms with E-state index in [9.17, 15) is 4.79 Å². The molecule has 1 atom stereocenters. The average Bonchev–Trinajstić information content (AvgIpc) is 3.25. The summed E-state index contributed by atoms with van der Waals surface area (Å²) < 4.78 is 6.53. The Morgan fingerprint density at radius 2 is 2.31 bits per heavy atom. The number of piperidine rings is 1. The number of aromatic nitrogens is 2. The molecule has 136 valence electrons. The molecule has 6 nitrogen and oxygen atoms in total. The molecule has 1 aliphatic rings. The number of H-pyrrole nitrogens is 1. The molecule has 0 aliphatic carbocycles. The van der Waals surface area contributed by atoms with E-state index in [1.165, 1.54) is 0 Å². The lowest BCUT2D eigenvalue weighted by atomic mass is 9.97. The molecule has 3 aromatic rings. The van der Waals surface area contributed by atoms with E-state index in [-0.39, 0.29) is 11.8 Å². The lowest BCUT2D eigenvalue weighted by molar-refractivity contribution is -0.125. The van der Waals surface area contributed by atoms with E-state index in [0.29, 0.717) is 13.1 Å². The van der Waals surface area contributed by atoms with Gasteiger partial charge < -0.3 is 19.6 Å². The number of hydrogen-bond acceptors (Lipinski definition) is 4. The smallest absolute Gasteiger partial charge is 0.225 e. The molecule has 1 aliphatic heterocycles. The zero-order valence-electron chi connectivity index (χ0n) is 14.6. The van der Waals surface area contributed by atoms with E-state index in [4.69, 9.17) is 4.42 Å². The number of benzene rings is 1. The van der Waals surface area contributed by atoms with Gasteiger partial charge in [-0.3, -0.25) is 4.79 Å². The summed E-state index contributed by atoms with van der Waals surface area (Å²) in [6.07, 6.45) is 1.87. The van der Waals surface area contributed by atoms with Crippen LogP contribution in [-0.4, -0.2) is 29.0 Å². The highest BCUT2D eigenvalue weighted by Crippen LogP contribution is 2.25. The van der Waals surface area contributed by atoms with Crippen molar-refractivity contribution in [3.05, 3.63) is 46.3 Å². The third-order valence-corrected chi connectivity index (χ3v) is 5.25. The molecule has 0 radical (unpaired) electrons. The molecule has 2 aromatic heterocycles. The number of amides is 1. The van der Waals surface area contributed by atoms with Crippen LogP contribution in [-0.2, 0) is 11.3 Å². The van der Waals surface area contributed by atoms with Gasteiger partial charge in [0, 0.05) is 17.6 Å². The zero-order chi connectivity index (χ0) is 18.1. The number of fused-ring (bicyclic) bond motifs is 1. The molecule has 0 spiro atoms. The highest BCUT2D eigenvalue weighted by Gasteiger charge is 2.27. The SMILES string of the molecule is Cc1ccc(CNC(=O)C2CCCN(c3nc4ccc(Br)cc4[nH]3)C2)o1. The second-order valence-electron chi connectivity index (χ2n) is 6.74. The zero-order valence-corrected chi connectivity index (χ0v) is 16.2. The van der Waals surface area contributed by atoms with Crippen molar-refractivity contribution in [2.45, 2.75) is 26.3 Å². The van der Waals surface area contributed by atoms with E-state index in [2.05, 4.69) is 36.1 Å². The van der Waals surface area contributed by atoms with Gasteiger partial charge in [-0.2, -0.15) is 0 Å². The third kappa shape index (κ3) is 3.62. The minimum atomic E-state index is -0.0419. The van der Waals surface area contributed by atoms with Crippen LogP contribution in [0.15, 0.2) is 39.2 Å². The Labute approximate surface area is 160 Å². The second-order valence-corrected chi connectivity index (χ2v) is 7.65. The maximum atomic E-state index is 12.6. The molecular formula is C19H21BrN4O2. The summed E-state index contributed by atoms with van der Waals surface area (Å²) >= 11 is 3.48. The molecule has 2 N–H and O–H groups in total. The van der Waals surface area contributed by atoms with E-state index in [1.54, 1.807) is 0 Å². The Balaban J connectivity index is 1.41. The number of carbonyl (C=O) groups excluding carboxylic acids is 1. The van der Waals surface area contributed by atoms with Crippen LogP contribution in [0, 0.1) is 12.8 Å². The number of aryl methyl sites for hydroxylation is 1. The number of hydrogen-bond donors (Lipinski definition) is 2. The first-order valence-electron chi connectivity index (χ1n) is 8.82. The predicted molar refractivity (Wildman–Crippen MR) is 104 cm³/mol. The van der Waals surface area contributed by atoms with Crippen LogP contribution in [0.2, 0.25) is 0 Å². The van der Waals surface area contributed by atoms with Crippen molar-refractivity contribution in [1.82, 2.24) is 15.3 Å². The van der Waals surface area contributed by atoms with Gasteiger partial charge in [-0.25, -0.2) is 4.98 Å². The van der Waals surface area contributed by atoms with Crippen LogP contribution in [0.25, 0.3) is 11.0 Å². The molecule has 1 amide bonds. The molecule has 0 saturated carbocycles. The lowest BCUT2D eigenvalue weighted by Gasteiger charge is -2.31. The number of rotatable bonds is 4. The number of carbonyl (C=O) groups is 1. The van der Waals surface area contributed by atoms with Crippen molar-refractivity contribution in [2.75, 3.05) is 18.0 Å². The van der Waals surface area contributed by atoms with Gasteiger partial charge in [-0.1, -0.05) is 15.9 Å². The van der Waals surface area contributed by atoms with Crippen molar-refractivity contribution in [3.8, 4) is 0 Å². The maximum absolute atomic E-state index is 12.6. The number of furan rings is 1. The summed E-state index contributed by atoms with van der Waals surface area (Å²) in [5.74, 6) is 2.50. The fourth-order valence-corrected chi connectivity index (χ4v) is 3.76. The second kappa shape index (κ2) is 7.15. The predicted octanol–water partition coefficient (Wildman–Crippen LogP) is 3.76. The third-order valence-electron chi connectivity index (χ3n) is 4.76. The van der Waals surface area contributed by atoms with E-state index in [1.807, 2.05) is 37.3 Å². The molecule has 1 saturated heterocycles. The molecule has 7 heteroatoms. The van der Waals surface area contributed by atoms with Crippen LogP contribution in [0.1, 0.15) is 24.4 Å². The first-order chi connectivity index (χ1) is 12.6. The summed E-state index contributed by atoms with van der Waals surface area (Å²) in [5.41, 5.74) is 1.93. The van der Waals surface area contributed by atoms with Crippen LogP contribution in [0.4, 0.5) is 5.95 Å². The Hall–Kier alpha value is -2.28. The number of imidazole rings is 1. The van der Waals surface area contributed by atoms with Crippen molar-refractivity contribution in [1.29, 1.82) is 0 Å². The molecule has 3 heterocycles. The molecule has 1 fully saturated rings. The fraction of sp³-hybridized carbons (Fsp3) is 0.368. The van der Waals surface area contributed by atoms with Crippen LogP contribution in [0.5, 0.6) is 0 Å². The van der Waals surface area contributed by atoms with E-state index >= 15 is 0 Å². The highest BCUT2D eigenvalue weighted by molar-refractivity contribution is 9.10. The minimum Gasteiger partial charge on any atom is -0.465 e. The summed E-state index contributed by atoms with van der Waals surface area (Å²) in [6.45, 7) is 3.91. The van der Waals surface area contributed by atoms with Gasteiger partial charge in [-0.05, 0) is 50.1 Å².